The van der Waals surface area contributed by atoms with Crippen LogP contribution in [0.15, 0.2) is 84.9 Å². The summed E-state index contributed by atoms with van der Waals surface area (Å²) >= 11 is 0. The summed E-state index contributed by atoms with van der Waals surface area (Å²) in [5, 5.41) is 13.7. The number of benzene rings is 3. The van der Waals surface area contributed by atoms with Crippen LogP contribution in [0.3, 0.4) is 0 Å². The number of hydrogen-bond acceptors (Lipinski definition) is 2. The van der Waals surface area contributed by atoms with Crippen molar-refractivity contribution in [3.63, 3.8) is 0 Å². The van der Waals surface area contributed by atoms with E-state index in [1.54, 1.807) is 0 Å². The molecule has 0 fully saturated rings. The van der Waals surface area contributed by atoms with Crippen molar-refractivity contribution in [2.24, 2.45) is 0 Å². The van der Waals surface area contributed by atoms with Crippen molar-refractivity contribution in [3.8, 4) is 0 Å². The lowest BCUT2D eigenvalue weighted by molar-refractivity contribution is 0.0909. The van der Waals surface area contributed by atoms with Gasteiger partial charge in [0.25, 0.3) is 5.91 Å². The zero-order valence-electron chi connectivity index (χ0n) is 14.8. The molecular weight excluding hydrogens is 322 g/mol. The van der Waals surface area contributed by atoms with Crippen molar-refractivity contribution in [1.29, 1.82) is 0 Å². The molecule has 3 aromatic rings. The summed E-state index contributed by atoms with van der Waals surface area (Å²) in [5.41, 5.74) is 3.55. The Bertz CT molecular complexity index is 829. The summed E-state index contributed by atoms with van der Waals surface area (Å²) in [5.74, 6) is -0.140. The summed E-state index contributed by atoms with van der Waals surface area (Å²) in [6, 6.07) is 26.5. The summed E-state index contributed by atoms with van der Waals surface area (Å²) in [6.45, 7) is 1.99. The molecule has 3 nitrogen and oxygen atoms in total. The quantitative estimate of drug-likeness (QED) is 0.686. The Morgan fingerprint density at radius 1 is 0.846 bits per heavy atom. The van der Waals surface area contributed by atoms with Crippen LogP contribution in [0.4, 0.5) is 0 Å². The molecule has 0 aliphatic rings. The molecule has 0 bridgehead atoms. The van der Waals surface area contributed by atoms with Crippen LogP contribution >= 0.6 is 0 Å². The number of amides is 1. The molecule has 2 atom stereocenters. The van der Waals surface area contributed by atoms with Gasteiger partial charge in [-0.05, 0) is 30.2 Å². The van der Waals surface area contributed by atoms with Gasteiger partial charge in [0.05, 0.1) is 12.1 Å². The van der Waals surface area contributed by atoms with E-state index in [2.05, 4.69) is 5.32 Å². The van der Waals surface area contributed by atoms with Gasteiger partial charge in [-0.3, -0.25) is 4.79 Å². The van der Waals surface area contributed by atoms with Crippen LogP contribution in [-0.2, 0) is 0 Å². The zero-order chi connectivity index (χ0) is 18.4. The Morgan fingerprint density at radius 2 is 1.38 bits per heavy atom. The van der Waals surface area contributed by atoms with Crippen LogP contribution in [0.5, 0.6) is 0 Å². The fourth-order valence-corrected chi connectivity index (χ4v) is 2.94. The number of nitrogens with one attached hydrogen (secondary N) is 1. The first kappa shape index (κ1) is 17.9. The fraction of sp³-hybridized carbons (Fsp3) is 0.174. The van der Waals surface area contributed by atoms with E-state index in [1.165, 1.54) is 0 Å². The van der Waals surface area contributed by atoms with Gasteiger partial charge >= 0.3 is 0 Å². The Hall–Kier alpha value is -2.91. The van der Waals surface area contributed by atoms with Crippen molar-refractivity contribution >= 4 is 5.91 Å². The highest BCUT2D eigenvalue weighted by Crippen LogP contribution is 2.26. The molecule has 132 valence electrons. The van der Waals surface area contributed by atoms with Crippen LogP contribution < -0.4 is 5.32 Å². The van der Waals surface area contributed by atoms with Gasteiger partial charge in [0.1, 0.15) is 0 Å². The SMILES string of the molecule is Cc1ccc(C(=O)N[C@H](C[C@H](O)c2ccccc2)c2ccccc2)cc1. The minimum absolute atomic E-state index is 0.140. The Labute approximate surface area is 154 Å². The standard InChI is InChI=1S/C23H23NO2/c1-17-12-14-20(15-13-17)23(26)24-21(18-8-4-2-5-9-18)16-22(25)19-10-6-3-7-11-19/h2-15,21-22,25H,16H2,1H3,(H,24,26)/t21-,22+/m1/s1. The summed E-state index contributed by atoms with van der Waals surface area (Å²) in [6.07, 6.45) is -0.245. The first-order valence-electron chi connectivity index (χ1n) is 8.79. The van der Waals surface area contributed by atoms with E-state index in [0.717, 1.165) is 16.7 Å². The van der Waals surface area contributed by atoms with Gasteiger partial charge in [-0.25, -0.2) is 0 Å². The van der Waals surface area contributed by atoms with Gasteiger partial charge in [-0.2, -0.15) is 0 Å². The number of aliphatic hydroxyl groups excluding tert-OH is 1. The maximum atomic E-state index is 12.7. The minimum atomic E-state index is -0.653. The number of aryl methyl sites for hydroxylation is 1. The first-order valence-corrected chi connectivity index (χ1v) is 8.79. The molecule has 0 heterocycles. The number of rotatable bonds is 6. The monoisotopic (exact) mass is 345 g/mol. The molecule has 0 aliphatic carbocycles. The second-order valence-electron chi connectivity index (χ2n) is 6.46. The normalized spacial score (nSPS) is 13.0. The van der Waals surface area contributed by atoms with Gasteiger partial charge in [-0.15, -0.1) is 0 Å². The molecule has 1 amide bonds. The molecular formula is C23H23NO2. The zero-order valence-corrected chi connectivity index (χ0v) is 14.8. The van der Waals surface area contributed by atoms with E-state index >= 15 is 0 Å². The molecule has 0 unspecified atom stereocenters. The molecule has 0 saturated heterocycles. The van der Waals surface area contributed by atoms with Crippen LogP contribution in [0.25, 0.3) is 0 Å². The van der Waals surface area contributed by atoms with Crippen molar-refractivity contribution in [1.82, 2.24) is 5.32 Å². The summed E-state index contributed by atoms with van der Waals surface area (Å²) < 4.78 is 0. The first-order chi connectivity index (χ1) is 12.6. The average molecular weight is 345 g/mol. The van der Waals surface area contributed by atoms with Crippen molar-refractivity contribution in [2.45, 2.75) is 25.5 Å². The number of hydrogen-bond donors (Lipinski definition) is 2. The molecule has 0 saturated carbocycles. The number of carbonyl (C=O) groups is 1. The topological polar surface area (TPSA) is 49.3 Å². The van der Waals surface area contributed by atoms with E-state index in [0.29, 0.717) is 12.0 Å². The highest BCUT2D eigenvalue weighted by molar-refractivity contribution is 5.94. The lowest BCUT2D eigenvalue weighted by Crippen LogP contribution is -2.29. The Kier molecular flexibility index (Phi) is 5.82. The van der Waals surface area contributed by atoms with E-state index < -0.39 is 6.10 Å². The average Bonchev–Trinajstić information content (AvgIpc) is 2.69. The molecule has 3 heteroatoms. The van der Waals surface area contributed by atoms with Crippen LogP contribution in [0, 0.1) is 6.92 Å². The highest BCUT2D eigenvalue weighted by Gasteiger charge is 2.20. The van der Waals surface area contributed by atoms with Gasteiger partial charge in [0.15, 0.2) is 0 Å². The molecule has 0 aliphatic heterocycles. The number of carbonyl (C=O) groups excluding carboxylic acids is 1. The van der Waals surface area contributed by atoms with E-state index in [9.17, 15) is 9.90 Å². The molecule has 3 rings (SSSR count). The fourth-order valence-electron chi connectivity index (χ4n) is 2.94. The van der Waals surface area contributed by atoms with Crippen molar-refractivity contribution in [2.75, 3.05) is 0 Å². The lowest BCUT2D eigenvalue weighted by Gasteiger charge is -2.22. The molecule has 0 aromatic heterocycles. The largest absolute Gasteiger partial charge is 0.388 e. The maximum absolute atomic E-state index is 12.7. The maximum Gasteiger partial charge on any atom is 0.251 e. The Morgan fingerprint density at radius 3 is 1.96 bits per heavy atom. The predicted octanol–water partition coefficient (Wildman–Crippen LogP) is 4.59. The highest BCUT2D eigenvalue weighted by atomic mass is 16.3. The van der Waals surface area contributed by atoms with Crippen molar-refractivity contribution < 1.29 is 9.90 Å². The van der Waals surface area contributed by atoms with Crippen LogP contribution in [-0.4, -0.2) is 11.0 Å². The third kappa shape index (κ3) is 4.58. The molecule has 0 spiro atoms. The second kappa shape index (κ2) is 8.45. The molecule has 26 heavy (non-hydrogen) atoms. The van der Waals surface area contributed by atoms with E-state index in [1.807, 2.05) is 91.9 Å². The van der Waals surface area contributed by atoms with Crippen LogP contribution in [0.1, 0.15) is 45.6 Å². The third-order valence-electron chi connectivity index (χ3n) is 4.46. The van der Waals surface area contributed by atoms with E-state index in [-0.39, 0.29) is 11.9 Å². The summed E-state index contributed by atoms with van der Waals surface area (Å²) in [4.78, 5) is 12.7. The predicted molar refractivity (Wildman–Crippen MR) is 104 cm³/mol. The van der Waals surface area contributed by atoms with Crippen molar-refractivity contribution in [3.05, 3.63) is 107 Å². The molecule has 3 aromatic carbocycles. The van der Waals surface area contributed by atoms with Crippen LogP contribution in [0.2, 0.25) is 0 Å². The van der Waals surface area contributed by atoms with Gasteiger partial charge in [0.2, 0.25) is 0 Å². The third-order valence-corrected chi connectivity index (χ3v) is 4.46. The van der Waals surface area contributed by atoms with E-state index in [4.69, 9.17) is 0 Å². The summed E-state index contributed by atoms with van der Waals surface area (Å²) in [7, 11) is 0. The second-order valence-corrected chi connectivity index (χ2v) is 6.46. The smallest absolute Gasteiger partial charge is 0.251 e. The molecule has 0 radical (unpaired) electrons. The van der Waals surface area contributed by atoms with Gasteiger partial charge in [0, 0.05) is 12.0 Å². The molecule has 2 N–H and O–H groups in total. The van der Waals surface area contributed by atoms with Gasteiger partial charge in [-0.1, -0.05) is 78.4 Å². The Balaban J connectivity index is 1.79. The van der Waals surface area contributed by atoms with Gasteiger partial charge < -0.3 is 10.4 Å². The number of aliphatic hydroxyl groups is 1. The minimum Gasteiger partial charge on any atom is -0.388 e. The lowest BCUT2D eigenvalue weighted by atomic mass is 9.96.